The normalized spacial score (nSPS) is 10.6. The molecule has 0 spiro atoms. The van der Waals surface area contributed by atoms with Gasteiger partial charge >= 0.3 is 12.1 Å². The topological polar surface area (TPSA) is 114 Å². The van der Waals surface area contributed by atoms with Crippen molar-refractivity contribution in [3.05, 3.63) is 24.3 Å². The number of anilines is 1. The second kappa shape index (κ2) is 8.02. The van der Waals surface area contributed by atoms with E-state index in [0.717, 1.165) is 0 Å². The van der Waals surface area contributed by atoms with Gasteiger partial charge in [-0.3, -0.25) is 14.9 Å². The molecule has 0 aromatic heterocycles. The first kappa shape index (κ1) is 18.3. The Kier molecular flexibility index (Phi) is 6.37. The van der Waals surface area contributed by atoms with Crippen LogP contribution in [0.15, 0.2) is 24.3 Å². The molecule has 0 unspecified atom stereocenters. The van der Waals surface area contributed by atoms with Gasteiger partial charge in [0, 0.05) is 5.69 Å². The van der Waals surface area contributed by atoms with Crippen molar-refractivity contribution in [1.29, 1.82) is 0 Å². The van der Waals surface area contributed by atoms with Crippen molar-refractivity contribution >= 4 is 23.7 Å². The Labute approximate surface area is 133 Å². The summed E-state index contributed by atoms with van der Waals surface area (Å²) in [7, 11) is 0. The summed E-state index contributed by atoms with van der Waals surface area (Å²) in [5.74, 6) is -1.19. The predicted molar refractivity (Wildman–Crippen MR) is 82.4 cm³/mol. The molecular formula is C15H20N2O6. The molecule has 23 heavy (non-hydrogen) atoms. The Balaban J connectivity index is 2.38. The van der Waals surface area contributed by atoms with Gasteiger partial charge in [-0.25, -0.2) is 4.79 Å². The number of carbonyl (C=O) groups is 3. The Morgan fingerprint density at radius 1 is 1.13 bits per heavy atom. The monoisotopic (exact) mass is 324 g/mol. The summed E-state index contributed by atoms with van der Waals surface area (Å²) in [6.07, 6.45) is -0.834. The highest BCUT2D eigenvalue weighted by Crippen LogP contribution is 2.15. The van der Waals surface area contributed by atoms with E-state index in [4.69, 9.17) is 14.6 Å². The van der Waals surface area contributed by atoms with Crippen LogP contribution in [0.25, 0.3) is 0 Å². The molecule has 0 aliphatic carbocycles. The molecule has 8 nitrogen and oxygen atoms in total. The number of carboxylic acid groups (broad SMARTS) is 1. The maximum absolute atomic E-state index is 11.5. The van der Waals surface area contributed by atoms with Crippen molar-refractivity contribution in [3.63, 3.8) is 0 Å². The van der Waals surface area contributed by atoms with Crippen molar-refractivity contribution < 1.29 is 29.0 Å². The SMILES string of the molecule is CC(C)(C)OC(=O)NC(=O)COc1ccc(NCC(=O)O)cc1. The van der Waals surface area contributed by atoms with Crippen molar-refractivity contribution in [2.45, 2.75) is 26.4 Å². The van der Waals surface area contributed by atoms with Crippen molar-refractivity contribution in [2.24, 2.45) is 0 Å². The maximum Gasteiger partial charge on any atom is 0.414 e. The molecule has 8 heteroatoms. The molecule has 0 fully saturated rings. The van der Waals surface area contributed by atoms with Gasteiger partial charge in [0.2, 0.25) is 0 Å². The van der Waals surface area contributed by atoms with Gasteiger partial charge < -0.3 is 19.9 Å². The second-order valence-electron chi connectivity index (χ2n) is 5.61. The maximum atomic E-state index is 11.5. The number of hydrogen-bond acceptors (Lipinski definition) is 6. The molecule has 0 saturated carbocycles. The standard InChI is InChI=1S/C15H20N2O6/c1-15(2,3)23-14(21)17-12(18)9-22-11-6-4-10(5-7-11)16-8-13(19)20/h4-7,16H,8-9H2,1-3H3,(H,19,20)(H,17,18,21). The van der Waals surface area contributed by atoms with Crippen LogP contribution in [0.1, 0.15) is 20.8 Å². The van der Waals surface area contributed by atoms with Crippen molar-refractivity contribution in [3.8, 4) is 5.75 Å². The molecule has 1 rings (SSSR count). The van der Waals surface area contributed by atoms with Gasteiger partial charge in [-0.1, -0.05) is 0 Å². The highest BCUT2D eigenvalue weighted by Gasteiger charge is 2.18. The summed E-state index contributed by atoms with van der Waals surface area (Å²) in [4.78, 5) is 33.4. The number of benzene rings is 1. The van der Waals surface area contributed by atoms with E-state index in [1.165, 1.54) is 0 Å². The lowest BCUT2D eigenvalue weighted by atomic mass is 10.2. The first-order valence-corrected chi connectivity index (χ1v) is 6.87. The highest BCUT2D eigenvalue weighted by atomic mass is 16.6. The fourth-order valence-corrected chi connectivity index (χ4v) is 1.45. The summed E-state index contributed by atoms with van der Waals surface area (Å²) < 4.78 is 10.2. The van der Waals surface area contributed by atoms with E-state index in [2.05, 4.69) is 5.32 Å². The molecule has 0 saturated heterocycles. The summed E-state index contributed by atoms with van der Waals surface area (Å²) in [5, 5.41) is 13.3. The molecule has 0 aliphatic rings. The average Bonchev–Trinajstić information content (AvgIpc) is 2.41. The summed E-state index contributed by atoms with van der Waals surface area (Å²) >= 11 is 0. The minimum Gasteiger partial charge on any atom is -0.484 e. The Morgan fingerprint density at radius 3 is 2.26 bits per heavy atom. The molecule has 0 atom stereocenters. The Morgan fingerprint density at radius 2 is 1.74 bits per heavy atom. The zero-order chi connectivity index (χ0) is 17.5. The number of nitrogens with one attached hydrogen (secondary N) is 2. The minimum atomic E-state index is -0.968. The Hall–Kier alpha value is -2.77. The van der Waals surface area contributed by atoms with E-state index in [9.17, 15) is 14.4 Å². The fraction of sp³-hybridized carbons (Fsp3) is 0.400. The molecule has 0 bridgehead atoms. The number of rotatable bonds is 6. The van der Waals surface area contributed by atoms with Crippen LogP contribution in [0, 0.1) is 0 Å². The Bertz CT molecular complexity index is 562. The minimum absolute atomic E-state index is 0.196. The third-order valence-corrected chi connectivity index (χ3v) is 2.31. The molecular weight excluding hydrogens is 304 g/mol. The molecule has 126 valence electrons. The number of alkyl carbamates (subject to hydrolysis) is 1. The van der Waals surface area contributed by atoms with E-state index < -0.39 is 23.6 Å². The quantitative estimate of drug-likeness (QED) is 0.728. The molecule has 0 aliphatic heterocycles. The van der Waals surface area contributed by atoms with E-state index in [1.807, 2.05) is 5.32 Å². The van der Waals surface area contributed by atoms with Gasteiger partial charge in [0.25, 0.3) is 5.91 Å². The van der Waals surface area contributed by atoms with Crippen LogP contribution in [-0.2, 0) is 14.3 Å². The number of imide groups is 1. The molecule has 1 aromatic carbocycles. The van der Waals surface area contributed by atoms with E-state index in [1.54, 1.807) is 45.0 Å². The smallest absolute Gasteiger partial charge is 0.414 e. The number of aliphatic carboxylic acids is 1. The first-order valence-electron chi connectivity index (χ1n) is 6.87. The fourth-order valence-electron chi connectivity index (χ4n) is 1.45. The summed E-state index contributed by atoms with van der Waals surface area (Å²) in [6.45, 7) is 4.52. The van der Waals surface area contributed by atoms with Crippen LogP contribution in [-0.4, -0.2) is 41.8 Å². The zero-order valence-electron chi connectivity index (χ0n) is 13.2. The van der Waals surface area contributed by atoms with Gasteiger partial charge in [0.05, 0.1) is 0 Å². The van der Waals surface area contributed by atoms with Crippen LogP contribution in [0.2, 0.25) is 0 Å². The van der Waals surface area contributed by atoms with Gasteiger partial charge in [-0.15, -0.1) is 0 Å². The third kappa shape index (κ3) is 8.30. The number of hydrogen-bond donors (Lipinski definition) is 3. The van der Waals surface area contributed by atoms with E-state index in [-0.39, 0.29) is 13.2 Å². The number of carbonyl (C=O) groups excluding carboxylic acids is 2. The number of amides is 2. The molecule has 0 heterocycles. The number of carboxylic acids is 1. The molecule has 3 N–H and O–H groups in total. The van der Waals surface area contributed by atoms with Gasteiger partial charge in [0.1, 0.15) is 17.9 Å². The van der Waals surface area contributed by atoms with E-state index in [0.29, 0.717) is 11.4 Å². The lowest BCUT2D eigenvalue weighted by Gasteiger charge is -2.19. The van der Waals surface area contributed by atoms with Crippen LogP contribution < -0.4 is 15.4 Å². The summed E-state index contributed by atoms with van der Waals surface area (Å²) in [5.41, 5.74) is -0.0813. The summed E-state index contributed by atoms with van der Waals surface area (Å²) in [6, 6.07) is 6.38. The lowest BCUT2D eigenvalue weighted by Crippen LogP contribution is -2.38. The van der Waals surface area contributed by atoms with Crippen LogP contribution in [0.5, 0.6) is 5.75 Å². The average molecular weight is 324 g/mol. The second-order valence-corrected chi connectivity index (χ2v) is 5.61. The van der Waals surface area contributed by atoms with Crippen LogP contribution >= 0.6 is 0 Å². The largest absolute Gasteiger partial charge is 0.484 e. The predicted octanol–water partition coefficient (Wildman–Crippen LogP) is 1.61. The van der Waals surface area contributed by atoms with Gasteiger partial charge in [-0.05, 0) is 45.0 Å². The van der Waals surface area contributed by atoms with Gasteiger partial charge in [-0.2, -0.15) is 0 Å². The zero-order valence-corrected chi connectivity index (χ0v) is 13.2. The van der Waals surface area contributed by atoms with Crippen molar-refractivity contribution in [1.82, 2.24) is 5.32 Å². The van der Waals surface area contributed by atoms with Crippen LogP contribution in [0.3, 0.4) is 0 Å². The highest BCUT2D eigenvalue weighted by molar-refractivity contribution is 5.92. The van der Waals surface area contributed by atoms with Crippen LogP contribution in [0.4, 0.5) is 10.5 Å². The molecule has 0 radical (unpaired) electrons. The number of ether oxygens (including phenoxy) is 2. The first-order chi connectivity index (χ1) is 10.7. The molecule has 2 amide bonds. The molecule has 1 aromatic rings. The third-order valence-electron chi connectivity index (χ3n) is 2.31. The van der Waals surface area contributed by atoms with E-state index >= 15 is 0 Å². The van der Waals surface area contributed by atoms with Crippen molar-refractivity contribution in [2.75, 3.05) is 18.5 Å². The van der Waals surface area contributed by atoms with Gasteiger partial charge in [0.15, 0.2) is 6.61 Å². The lowest BCUT2D eigenvalue weighted by molar-refractivity contribution is -0.135.